The maximum absolute atomic E-state index is 4.94. The summed E-state index contributed by atoms with van der Waals surface area (Å²) in [7, 11) is 0. The number of hydrogen-bond acceptors (Lipinski definition) is 4. The number of hydrogen-bond donors (Lipinski definition) is 0. The highest BCUT2D eigenvalue weighted by molar-refractivity contribution is 7.98. The van der Waals surface area contributed by atoms with Crippen LogP contribution < -0.4 is 0 Å². The van der Waals surface area contributed by atoms with E-state index in [9.17, 15) is 0 Å². The summed E-state index contributed by atoms with van der Waals surface area (Å²) in [4.78, 5) is 4.19. The summed E-state index contributed by atoms with van der Waals surface area (Å²) in [6.07, 6.45) is 1.92. The Morgan fingerprint density at radius 1 is 1.36 bits per heavy atom. The first-order valence-electron chi connectivity index (χ1n) is 3.42. The van der Waals surface area contributed by atoms with Gasteiger partial charge < -0.3 is 4.52 Å². The lowest BCUT2D eigenvalue weighted by Crippen LogP contribution is -2.12. The van der Waals surface area contributed by atoms with Crippen LogP contribution in [0.1, 0.15) is 26.6 Å². The Balaban J connectivity index is 2.89. The van der Waals surface area contributed by atoms with E-state index in [-0.39, 0.29) is 5.41 Å². The van der Waals surface area contributed by atoms with Gasteiger partial charge in [-0.15, -0.1) is 0 Å². The molecule has 0 spiro atoms. The molecule has 0 atom stereocenters. The van der Waals surface area contributed by atoms with Gasteiger partial charge in [-0.05, 0) is 6.26 Å². The van der Waals surface area contributed by atoms with Gasteiger partial charge in [0.25, 0.3) is 5.22 Å². The average molecular weight is 172 g/mol. The Kier molecular flexibility index (Phi) is 2.23. The summed E-state index contributed by atoms with van der Waals surface area (Å²) in [5.41, 5.74) is -0.0164. The number of aromatic nitrogens is 2. The third kappa shape index (κ3) is 1.96. The summed E-state index contributed by atoms with van der Waals surface area (Å²) in [6.45, 7) is 6.17. The molecular formula is C7H12N2OS. The zero-order valence-electron chi connectivity index (χ0n) is 7.21. The molecule has 0 amide bonds. The average Bonchev–Trinajstić information content (AvgIpc) is 2.32. The van der Waals surface area contributed by atoms with Crippen LogP contribution in [0.2, 0.25) is 0 Å². The second kappa shape index (κ2) is 2.85. The first kappa shape index (κ1) is 8.59. The van der Waals surface area contributed by atoms with Crippen molar-refractivity contribution < 1.29 is 4.52 Å². The van der Waals surface area contributed by atoms with Crippen LogP contribution in [0.25, 0.3) is 0 Å². The van der Waals surface area contributed by atoms with E-state index in [0.717, 1.165) is 5.82 Å². The first-order valence-corrected chi connectivity index (χ1v) is 4.64. The maximum Gasteiger partial charge on any atom is 0.285 e. The van der Waals surface area contributed by atoms with Crippen molar-refractivity contribution in [3.63, 3.8) is 0 Å². The van der Waals surface area contributed by atoms with Crippen LogP contribution >= 0.6 is 11.8 Å². The maximum atomic E-state index is 4.94. The van der Waals surface area contributed by atoms with E-state index in [4.69, 9.17) is 4.52 Å². The van der Waals surface area contributed by atoms with Crippen molar-refractivity contribution in [3.05, 3.63) is 5.82 Å². The molecule has 0 aliphatic heterocycles. The normalized spacial score (nSPS) is 12.0. The van der Waals surface area contributed by atoms with Crippen molar-refractivity contribution in [1.82, 2.24) is 10.1 Å². The van der Waals surface area contributed by atoms with Crippen LogP contribution in [0.5, 0.6) is 0 Å². The third-order valence-electron chi connectivity index (χ3n) is 1.25. The van der Waals surface area contributed by atoms with Crippen LogP contribution in [0.4, 0.5) is 0 Å². The van der Waals surface area contributed by atoms with Gasteiger partial charge in [0.05, 0.1) is 0 Å². The molecule has 0 bridgehead atoms. The molecule has 0 aromatic carbocycles. The zero-order valence-corrected chi connectivity index (χ0v) is 8.03. The molecule has 1 aromatic rings. The Bertz CT molecular complexity index is 239. The first-order chi connectivity index (χ1) is 5.04. The zero-order chi connectivity index (χ0) is 8.48. The van der Waals surface area contributed by atoms with Gasteiger partial charge in [-0.2, -0.15) is 4.98 Å². The molecule has 62 valence electrons. The summed E-state index contributed by atoms with van der Waals surface area (Å²) < 4.78 is 4.94. The second-order valence-corrected chi connectivity index (χ2v) is 4.10. The molecule has 0 fully saturated rings. The van der Waals surface area contributed by atoms with E-state index >= 15 is 0 Å². The molecule has 4 heteroatoms. The molecule has 0 aliphatic rings. The molecular weight excluding hydrogens is 160 g/mol. The number of thioether (sulfide) groups is 1. The Morgan fingerprint density at radius 2 is 2.00 bits per heavy atom. The van der Waals surface area contributed by atoms with Gasteiger partial charge in [-0.1, -0.05) is 37.7 Å². The predicted molar refractivity (Wildman–Crippen MR) is 44.8 cm³/mol. The van der Waals surface area contributed by atoms with E-state index < -0.39 is 0 Å². The van der Waals surface area contributed by atoms with Crippen molar-refractivity contribution in [3.8, 4) is 0 Å². The Morgan fingerprint density at radius 3 is 2.27 bits per heavy atom. The van der Waals surface area contributed by atoms with Crippen molar-refractivity contribution in [1.29, 1.82) is 0 Å². The Labute approximate surface area is 70.6 Å². The van der Waals surface area contributed by atoms with Gasteiger partial charge in [0.1, 0.15) is 0 Å². The van der Waals surface area contributed by atoms with Crippen molar-refractivity contribution in [2.24, 2.45) is 0 Å². The van der Waals surface area contributed by atoms with Crippen LogP contribution in [-0.4, -0.2) is 16.4 Å². The van der Waals surface area contributed by atoms with E-state index in [1.807, 2.05) is 6.26 Å². The van der Waals surface area contributed by atoms with Crippen LogP contribution in [0, 0.1) is 0 Å². The highest BCUT2D eigenvalue weighted by Gasteiger charge is 2.20. The summed E-state index contributed by atoms with van der Waals surface area (Å²) in [6, 6.07) is 0. The van der Waals surface area contributed by atoms with Crippen molar-refractivity contribution in [2.75, 3.05) is 6.26 Å². The fourth-order valence-corrected chi connectivity index (χ4v) is 0.887. The molecule has 11 heavy (non-hydrogen) atoms. The van der Waals surface area contributed by atoms with E-state index in [1.165, 1.54) is 11.8 Å². The SMILES string of the molecule is CSc1nc(C(C)(C)C)no1. The van der Waals surface area contributed by atoms with Gasteiger partial charge in [0.15, 0.2) is 5.82 Å². The van der Waals surface area contributed by atoms with E-state index in [2.05, 4.69) is 30.9 Å². The molecule has 1 heterocycles. The lowest BCUT2D eigenvalue weighted by atomic mass is 9.96. The molecule has 0 unspecified atom stereocenters. The lowest BCUT2D eigenvalue weighted by molar-refractivity contribution is 0.331. The third-order valence-corrected chi connectivity index (χ3v) is 1.77. The highest BCUT2D eigenvalue weighted by Crippen LogP contribution is 2.21. The largest absolute Gasteiger partial charge is 0.327 e. The molecule has 0 N–H and O–H groups in total. The molecule has 0 radical (unpaired) electrons. The van der Waals surface area contributed by atoms with Gasteiger partial charge in [-0.3, -0.25) is 0 Å². The molecule has 1 rings (SSSR count). The second-order valence-electron chi connectivity index (χ2n) is 3.34. The van der Waals surface area contributed by atoms with E-state index in [1.54, 1.807) is 0 Å². The minimum atomic E-state index is -0.0164. The lowest BCUT2D eigenvalue weighted by Gasteiger charge is -2.10. The molecule has 3 nitrogen and oxygen atoms in total. The standard InChI is InChI=1S/C7H12N2OS/c1-7(2,3)5-8-6(11-4)10-9-5/h1-4H3. The topological polar surface area (TPSA) is 38.9 Å². The minimum absolute atomic E-state index is 0.0164. The van der Waals surface area contributed by atoms with Gasteiger partial charge in [0.2, 0.25) is 0 Å². The minimum Gasteiger partial charge on any atom is -0.327 e. The number of rotatable bonds is 1. The molecule has 0 saturated carbocycles. The van der Waals surface area contributed by atoms with Crippen LogP contribution in [0.3, 0.4) is 0 Å². The van der Waals surface area contributed by atoms with E-state index in [0.29, 0.717) is 5.22 Å². The highest BCUT2D eigenvalue weighted by atomic mass is 32.2. The molecule has 0 aliphatic carbocycles. The Hall–Kier alpha value is -0.510. The van der Waals surface area contributed by atoms with Gasteiger partial charge >= 0.3 is 0 Å². The summed E-state index contributed by atoms with van der Waals surface area (Å²) in [5, 5.41) is 4.49. The quantitative estimate of drug-likeness (QED) is 0.608. The fourth-order valence-electron chi connectivity index (χ4n) is 0.597. The van der Waals surface area contributed by atoms with Crippen molar-refractivity contribution >= 4 is 11.8 Å². The van der Waals surface area contributed by atoms with Gasteiger partial charge in [0, 0.05) is 5.41 Å². The monoisotopic (exact) mass is 172 g/mol. The smallest absolute Gasteiger partial charge is 0.285 e. The van der Waals surface area contributed by atoms with Crippen molar-refractivity contribution in [2.45, 2.75) is 31.4 Å². The predicted octanol–water partition coefficient (Wildman–Crippen LogP) is 2.09. The summed E-state index contributed by atoms with van der Waals surface area (Å²) in [5.74, 6) is 0.766. The van der Waals surface area contributed by atoms with Crippen LogP contribution in [0.15, 0.2) is 9.75 Å². The molecule has 1 aromatic heterocycles. The number of nitrogens with zero attached hydrogens (tertiary/aromatic N) is 2. The van der Waals surface area contributed by atoms with Crippen LogP contribution in [-0.2, 0) is 5.41 Å². The molecule has 0 saturated heterocycles. The van der Waals surface area contributed by atoms with Gasteiger partial charge in [-0.25, -0.2) is 0 Å². The summed E-state index contributed by atoms with van der Waals surface area (Å²) >= 11 is 1.47. The fraction of sp³-hybridized carbons (Fsp3) is 0.714.